The molecule has 1 aromatic heterocycles. The number of carbonyl (C=O) groups excluding carboxylic acids is 1. The number of ether oxygens (including phenoxy) is 2. The number of aromatic nitrogens is 2. The van der Waals surface area contributed by atoms with Crippen molar-refractivity contribution in [1.82, 2.24) is 14.9 Å². The first-order valence-electron chi connectivity index (χ1n) is 15.1. The zero-order valence-electron chi connectivity index (χ0n) is 24.4. The number of carbonyl (C=O) groups is 1. The maximum atomic E-state index is 12.5. The van der Waals surface area contributed by atoms with Crippen LogP contribution < -0.4 is 14.5 Å². The molecule has 2 fully saturated rings. The molecule has 1 saturated carbocycles. The van der Waals surface area contributed by atoms with Gasteiger partial charge in [0.1, 0.15) is 18.5 Å². The number of anilines is 2. The highest BCUT2D eigenvalue weighted by atomic mass is 35.5. The topological polar surface area (TPSA) is 75.4 Å². The van der Waals surface area contributed by atoms with E-state index in [1.54, 1.807) is 4.90 Å². The lowest BCUT2D eigenvalue weighted by Gasteiger charge is -2.41. The van der Waals surface area contributed by atoms with Gasteiger partial charge in [-0.15, -0.1) is 0 Å². The monoisotopic (exact) mass is 600 g/mol. The molecule has 3 aliphatic rings. The molecule has 1 saturated heterocycles. The fraction of sp³-hybridized carbons (Fsp3) is 0.455. The largest absolute Gasteiger partial charge is 0.461 e. The fourth-order valence-corrected chi connectivity index (χ4v) is 6.86. The van der Waals surface area contributed by atoms with E-state index in [0.29, 0.717) is 51.5 Å². The lowest BCUT2D eigenvalue weighted by molar-refractivity contribution is -0.128. The summed E-state index contributed by atoms with van der Waals surface area (Å²) in [6.45, 7) is 15.2. The third-order valence-electron chi connectivity index (χ3n) is 8.71. The van der Waals surface area contributed by atoms with E-state index in [1.165, 1.54) is 18.9 Å². The number of benzene rings is 2. The van der Waals surface area contributed by atoms with E-state index in [-0.39, 0.29) is 18.5 Å². The van der Waals surface area contributed by atoms with Crippen LogP contribution in [0.3, 0.4) is 0 Å². The summed E-state index contributed by atoms with van der Waals surface area (Å²) < 4.78 is 12.1. The van der Waals surface area contributed by atoms with Crippen LogP contribution in [0.4, 0.5) is 11.5 Å². The Balaban J connectivity index is 1.29. The zero-order valence-corrected chi connectivity index (χ0v) is 25.1. The molecule has 9 nitrogen and oxygen atoms in total. The third kappa shape index (κ3) is 6.27. The second-order valence-corrected chi connectivity index (χ2v) is 11.8. The molecular weight excluding hydrogens is 564 g/mol. The van der Waals surface area contributed by atoms with Crippen molar-refractivity contribution in [3.05, 3.63) is 76.8 Å². The number of halogens is 1. The van der Waals surface area contributed by atoms with E-state index in [1.807, 2.05) is 12.1 Å². The van der Waals surface area contributed by atoms with Crippen LogP contribution in [0.15, 0.2) is 49.1 Å². The van der Waals surface area contributed by atoms with Gasteiger partial charge in [-0.2, -0.15) is 9.97 Å². The summed E-state index contributed by atoms with van der Waals surface area (Å²) in [6, 6.07) is 12.3. The summed E-state index contributed by atoms with van der Waals surface area (Å²) in [5.41, 5.74) is 3.08. The summed E-state index contributed by atoms with van der Waals surface area (Å²) in [5, 5.41) is 2.87. The van der Waals surface area contributed by atoms with E-state index in [2.05, 4.69) is 45.5 Å². The van der Waals surface area contributed by atoms with Gasteiger partial charge in [-0.05, 0) is 42.9 Å². The van der Waals surface area contributed by atoms with Crippen molar-refractivity contribution in [2.75, 3.05) is 55.7 Å². The predicted octanol–water partition coefficient (Wildman–Crippen LogP) is 5.31. The molecule has 0 N–H and O–H groups in total. The number of piperazine rings is 1. The molecule has 0 unspecified atom stereocenters. The van der Waals surface area contributed by atoms with Gasteiger partial charge in [0.05, 0.1) is 30.0 Å². The fourth-order valence-electron chi connectivity index (χ4n) is 6.58. The first-order valence-corrected chi connectivity index (χ1v) is 15.5. The maximum Gasteiger partial charge on any atom is 0.318 e. The molecule has 2 aromatic carbocycles. The summed E-state index contributed by atoms with van der Waals surface area (Å²) in [4.78, 5) is 32.2. The Labute approximate surface area is 257 Å². The summed E-state index contributed by atoms with van der Waals surface area (Å²) >= 11 is 6.69. The summed E-state index contributed by atoms with van der Waals surface area (Å²) in [7, 11) is 0. The van der Waals surface area contributed by atoms with Crippen LogP contribution in [0.25, 0.3) is 15.6 Å². The first kappa shape index (κ1) is 29.2. The molecule has 1 amide bonds. The van der Waals surface area contributed by atoms with Crippen LogP contribution in [0.2, 0.25) is 5.02 Å². The molecule has 6 rings (SSSR count). The zero-order chi connectivity index (χ0) is 29.8. The number of fused-ring (bicyclic) bond motifs is 2. The van der Waals surface area contributed by atoms with E-state index in [4.69, 9.17) is 37.6 Å². The van der Waals surface area contributed by atoms with Gasteiger partial charge in [0.25, 0.3) is 0 Å². The van der Waals surface area contributed by atoms with Crippen LogP contribution in [-0.2, 0) is 22.5 Å². The molecule has 3 heterocycles. The molecular formula is C33H37ClN6O3. The van der Waals surface area contributed by atoms with Gasteiger partial charge in [-0.1, -0.05) is 55.3 Å². The highest BCUT2D eigenvalue weighted by Crippen LogP contribution is 2.37. The number of hydrogen-bond donors (Lipinski definition) is 0. The smallest absolute Gasteiger partial charge is 0.318 e. The average molecular weight is 601 g/mol. The van der Waals surface area contributed by atoms with Crippen LogP contribution in [-0.4, -0.2) is 78.9 Å². The van der Waals surface area contributed by atoms with Gasteiger partial charge in [0, 0.05) is 42.8 Å². The van der Waals surface area contributed by atoms with E-state index in [9.17, 15) is 4.79 Å². The Bertz CT molecular complexity index is 1530. The van der Waals surface area contributed by atoms with Gasteiger partial charge in [-0.25, -0.2) is 6.57 Å². The quantitative estimate of drug-likeness (QED) is 0.187. The molecule has 10 heteroatoms. The molecule has 1 atom stereocenters. The molecule has 0 spiro atoms. The van der Waals surface area contributed by atoms with Crippen molar-refractivity contribution in [3.8, 4) is 6.01 Å². The van der Waals surface area contributed by atoms with E-state index >= 15 is 0 Å². The van der Waals surface area contributed by atoms with Crippen LogP contribution in [0, 0.1) is 6.57 Å². The molecule has 224 valence electrons. The SMILES string of the molecule is [C-]#[N+]C[C@H]1CN(c2nc(OCCOC3CCCC3)nc3c2CCN(c2cccc4cccc(Cl)c24)C3)CCN1C(=O)C=C. The minimum absolute atomic E-state index is 0.145. The van der Waals surface area contributed by atoms with Crippen LogP contribution in [0.1, 0.15) is 36.9 Å². The van der Waals surface area contributed by atoms with Gasteiger partial charge in [0.2, 0.25) is 12.5 Å². The van der Waals surface area contributed by atoms with Crippen molar-refractivity contribution in [2.24, 2.45) is 0 Å². The maximum absolute atomic E-state index is 12.5. The second-order valence-electron chi connectivity index (χ2n) is 11.3. The minimum Gasteiger partial charge on any atom is -0.461 e. The molecule has 43 heavy (non-hydrogen) atoms. The Morgan fingerprint density at radius 2 is 1.91 bits per heavy atom. The van der Waals surface area contributed by atoms with Gasteiger partial charge >= 0.3 is 6.01 Å². The Morgan fingerprint density at radius 3 is 2.70 bits per heavy atom. The highest BCUT2D eigenvalue weighted by Gasteiger charge is 2.35. The van der Waals surface area contributed by atoms with Gasteiger partial charge in [-0.3, -0.25) is 4.79 Å². The average Bonchev–Trinajstić information content (AvgIpc) is 3.56. The Hall–Kier alpha value is -3.87. The van der Waals surface area contributed by atoms with Crippen molar-refractivity contribution in [3.63, 3.8) is 0 Å². The van der Waals surface area contributed by atoms with Crippen molar-refractivity contribution < 1.29 is 14.3 Å². The van der Waals surface area contributed by atoms with Crippen LogP contribution in [0.5, 0.6) is 6.01 Å². The highest BCUT2D eigenvalue weighted by molar-refractivity contribution is 6.36. The Morgan fingerprint density at radius 1 is 1.09 bits per heavy atom. The van der Waals surface area contributed by atoms with Crippen molar-refractivity contribution >= 4 is 39.8 Å². The first-order chi connectivity index (χ1) is 21.1. The molecule has 3 aromatic rings. The standard InChI is InChI=1S/C33H37ClN6O3/c1-3-30(41)40-17-16-39(21-24(40)20-35-2)32-26-14-15-38(29-13-7-9-23-8-6-12-27(34)31(23)29)22-28(26)36-33(37-32)43-19-18-42-25-10-4-5-11-25/h3,6-9,12-13,24-25H,1,4-5,10-11,14-22H2/t24-/m0/s1. The lowest BCUT2D eigenvalue weighted by atomic mass is 10.0. The molecule has 0 bridgehead atoms. The number of amides is 1. The van der Waals surface area contributed by atoms with Crippen molar-refractivity contribution in [1.29, 1.82) is 0 Å². The summed E-state index contributed by atoms with van der Waals surface area (Å²) in [5.74, 6) is 0.682. The van der Waals surface area contributed by atoms with E-state index < -0.39 is 0 Å². The predicted molar refractivity (Wildman–Crippen MR) is 169 cm³/mol. The van der Waals surface area contributed by atoms with Crippen LogP contribution >= 0.6 is 11.6 Å². The Kier molecular flexibility index (Phi) is 8.96. The minimum atomic E-state index is -0.246. The normalized spacial score (nSPS) is 18.9. The summed E-state index contributed by atoms with van der Waals surface area (Å²) in [6.07, 6.45) is 7.06. The number of nitrogens with zero attached hydrogens (tertiary/aromatic N) is 6. The van der Waals surface area contributed by atoms with Gasteiger partial charge < -0.3 is 29.0 Å². The molecule has 0 radical (unpaired) electrons. The number of rotatable bonds is 9. The van der Waals surface area contributed by atoms with Crippen molar-refractivity contribution in [2.45, 2.75) is 50.8 Å². The van der Waals surface area contributed by atoms with Gasteiger partial charge in [0.15, 0.2) is 0 Å². The number of hydrogen-bond acceptors (Lipinski definition) is 7. The molecule has 2 aliphatic heterocycles. The third-order valence-corrected chi connectivity index (χ3v) is 9.02. The second kappa shape index (κ2) is 13.2. The lowest BCUT2D eigenvalue weighted by Crippen LogP contribution is -2.56. The molecule has 1 aliphatic carbocycles. The van der Waals surface area contributed by atoms with E-state index in [0.717, 1.165) is 64.4 Å².